The Morgan fingerprint density at radius 1 is 1.14 bits per heavy atom. The number of likely N-dealkylation sites (N-methyl/N-ethyl adjacent to an activating group) is 1. The minimum absolute atomic E-state index is 0.822. The normalized spacial score (nSPS) is 11.7. The average molecular weight is 195 g/mol. The Morgan fingerprint density at radius 2 is 1.71 bits per heavy atom. The van der Waals surface area contributed by atoms with Gasteiger partial charge < -0.3 is 0 Å². The molecule has 5 nitrogen and oxygen atoms in total. The van der Waals surface area contributed by atoms with Crippen LogP contribution in [-0.4, -0.2) is 83.4 Å². The van der Waals surface area contributed by atoms with Gasteiger partial charge in [0.1, 0.15) is 0 Å². The molecule has 0 aliphatic heterocycles. The van der Waals surface area contributed by atoms with Gasteiger partial charge >= 0.3 is 88.3 Å². The average Bonchev–Trinajstić information content (AvgIpc) is 2.03. The second-order valence-electron chi connectivity index (χ2n) is 3.37. The molecule has 2 radical (unpaired) electrons. The molecule has 0 saturated carbocycles. The Bertz CT molecular complexity index is 165. The van der Waals surface area contributed by atoms with Crippen LogP contribution in [0, 0.1) is 0 Å². The van der Waals surface area contributed by atoms with Crippen molar-refractivity contribution in [2.75, 3.05) is 48.3 Å². The van der Waals surface area contributed by atoms with E-state index in [-0.39, 0.29) is 0 Å². The van der Waals surface area contributed by atoms with Crippen molar-refractivity contribution in [3.63, 3.8) is 0 Å². The summed E-state index contributed by atoms with van der Waals surface area (Å²) in [6.45, 7) is 1.69. The molecular weight excluding hydrogens is 176 g/mol. The molecule has 0 rings (SSSR count). The first-order valence-electron chi connectivity index (χ1n) is 4.54. The SMILES string of the molecule is [B]N(C)N(CCN(C)B=NC)N(C)C. The van der Waals surface area contributed by atoms with Gasteiger partial charge in [-0.2, -0.15) is 0 Å². The zero-order chi connectivity index (χ0) is 11.1. The van der Waals surface area contributed by atoms with Crippen molar-refractivity contribution >= 4 is 15.2 Å². The van der Waals surface area contributed by atoms with E-state index in [1.165, 1.54) is 0 Å². The third-order valence-corrected chi connectivity index (χ3v) is 1.79. The summed E-state index contributed by atoms with van der Waals surface area (Å²) in [5.74, 6) is 0. The molecule has 0 aliphatic rings. The number of rotatable bonds is 6. The van der Waals surface area contributed by atoms with Crippen molar-refractivity contribution < 1.29 is 0 Å². The first-order chi connectivity index (χ1) is 6.49. The summed E-state index contributed by atoms with van der Waals surface area (Å²) in [6.07, 6.45) is 0. The quantitative estimate of drug-likeness (QED) is 0.403. The van der Waals surface area contributed by atoms with E-state index in [2.05, 4.69) is 4.90 Å². The van der Waals surface area contributed by atoms with Crippen LogP contribution in [0.2, 0.25) is 0 Å². The van der Waals surface area contributed by atoms with E-state index < -0.39 is 0 Å². The van der Waals surface area contributed by atoms with Gasteiger partial charge in [-0.3, -0.25) is 0 Å². The molecule has 0 amide bonds. The summed E-state index contributed by atoms with van der Waals surface area (Å²) in [6, 6.07) is 0. The van der Waals surface area contributed by atoms with Crippen molar-refractivity contribution in [3.8, 4) is 0 Å². The van der Waals surface area contributed by atoms with Gasteiger partial charge in [-0.1, -0.05) is 0 Å². The van der Waals surface area contributed by atoms with E-state index in [0.717, 1.165) is 13.1 Å². The summed E-state index contributed by atoms with van der Waals surface area (Å²) in [5.41, 5.74) is 0. The Kier molecular flexibility index (Phi) is 6.78. The van der Waals surface area contributed by atoms with Crippen LogP contribution in [0.4, 0.5) is 0 Å². The number of hydrazine groups is 2. The first kappa shape index (κ1) is 13.6. The van der Waals surface area contributed by atoms with Crippen molar-refractivity contribution in [3.05, 3.63) is 0 Å². The van der Waals surface area contributed by atoms with Gasteiger partial charge in [0.15, 0.2) is 0 Å². The van der Waals surface area contributed by atoms with Gasteiger partial charge in [0, 0.05) is 0 Å². The van der Waals surface area contributed by atoms with Crippen LogP contribution in [0.5, 0.6) is 0 Å². The van der Waals surface area contributed by atoms with Crippen LogP contribution >= 0.6 is 0 Å². The van der Waals surface area contributed by atoms with Gasteiger partial charge in [-0.25, -0.2) is 0 Å². The van der Waals surface area contributed by atoms with Gasteiger partial charge in [-0.15, -0.1) is 0 Å². The summed E-state index contributed by atoms with van der Waals surface area (Å²) in [5, 5.41) is 3.87. The minimum atomic E-state index is 0.822. The fourth-order valence-corrected chi connectivity index (χ4v) is 1.14. The molecule has 0 atom stereocenters. The van der Waals surface area contributed by atoms with E-state index in [9.17, 15) is 0 Å². The van der Waals surface area contributed by atoms with Crippen LogP contribution < -0.4 is 0 Å². The summed E-state index contributed by atoms with van der Waals surface area (Å²) in [7, 11) is 16.9. The van der Waals surface area contributed by atoms with Gasteiger partial charge in [0.25, 0.3) is 0 Å². The summed E-state index contributed by atoms with van der Waals surface area (Å²) < 4.78 is 0. The van der Waals surface area contributed by atoms with E-state index in [1.54, 1.807) is 19.2 Å². The third kappa shape index (κ3) is 5.36. The Labute approximate surface area is 89.0 Å². The van der Waals surface area contributed by atoms with Gasteiger partial charge in [0.2, 0.25) is 0 Å². The Hall–Kier alpha value is -0.390. The number of nitrogens with zero attached hydrogens (tertiary/aromatic N) is 5. The molecule has 0 N–H and O–H groups in total. The summed E-state index contributed by atoms with van der Waals surface area (Å²) in [4.78, 5) is 7.51. The molecule has 7 heteroatoms. The van der Waals surface area contributed by atoms with E-state index in [0.29, 0.717) is 0 Å². The Morgan fingerprint density at radius 3 is 2.07 bits per heavy atom. The fourth-order valence-electron chi connectivity index (χ4n) is 1.14. The van der Waals surface area contributed by atoms with Crippen molar-refractivity contribution in [2.45, 2.75) is 0 Å². The molecule has 0 aliphatic carbocycles. The maximum absolute atomic E-state index is 5.66. The molecule has 0 heterocycles. The van der Waals surface area contributed by atoms with Crippen LogP contribution in [0.25, 0.3) is 0 Å². The molecule has 0 spiro atoms. The topological polar surface area (TPSA) is 25.3 Å². The standard InChI is InChI=1S/C7H19B2N5/c1-10-9-12(4)6-7-14(11(2)3)13(5)8/h6-7H2,1-5H3. The molecule has 0 aromatic rings. The molecule has 78 valence electrons. The second kappa shape index (κ2) is 6.98. The molecule has 14 heavy (non-hydrogen) atoms. The molecule has 0 saturated heterocycles. The molecule has 0 bridgehead atoms. The van der Waals surface area contributed by atoms with Crippen LogP contribution in [-0.2, 0) is 0 Å². The third-order valence-electron chi connectivity index (χ3n) is 1.79. The number of hydrogen-bond donors (Lipinski definition) is 0. The molecule has 0 aromatic carbocycles. The van der Waals surface area contributed by atoms with E-state index in [4.69, 9.17) is 7.98 Å². The first-order valence-corrected chi connectivity index (χ1v) is 4.54. The Balaban J connectivity index is 3.94. The second-order valence-corrected chi connectivity index (χ2v) is 3.37. The van der Waals surface area contributed by atoms with Crippen molar-refractivity contribution in [1.29, 1.82) is 0 Å². The predicted octanol–water partition coefficient (Wildman–Crippen LogP) is -0.940. The monoisotopic (exact) mass is 195 g/mol. The van der Waals surface area contributed by atoms with Crippen LogP contribution in [0.3, 0.4) is 0 Å². The fraction of sp³-hybridized carbons (Fsp3) is 1.00. The molecule has 0 unspecified atom stereocenters. The maximum atomic E-state index is 5.66. The van der Waals surface area contributed by atoms with Crippen LogP contribution in [0.15, 0.2) is 4.90 Å². The number of hydrogen-bond acceptors (Lipinski definition) is 4. The van der Waals surface area contributed by atoms with E-state index in [1.807, 2.05) is 43.1 Å². The van der Waals surface area contributed by atoms with Gasteiger partial charge in [-0.05, 0) is 0 Å². The van der Waals surface area contributed by atoms with Crippen molar-refractivity contribution in [2.24, 2.45) is 4.90 Å². The van der Waals surface area contributed by atoms with Crippen molar-refractivity contribution in [1.82, 2.24) is 19.9 Å². The molecular formula is C7H19B2N5. The summed E-state index contributed by atoms with van der Waals surface area (Å²) >= 11 is 0. The predicted molar refractivity (Wildman–Crippen MR) is 60.6 cm³/mol. The molecule has 0 aromatic heterocycles. The van der Waals surface area contributed by atoms with E-state index >= 15 is 0 Å². The van der Waals surface area contributed by atoms with Crippen LogP contribution in [0.1, 0.15) is 0 Å². The zero-order valence-corrected chi connectivity index (χ0v) is 9.80. The zero-order valence-electron chi connectivity index (χ0n) is 9.80. The van der Waals surface area contributed by atoms with Gasteiger partial charge in [0.05, 0.1) is 0 Å². The molecule has 0 fully saturated rings.